The van der Waals surface area contributed by atoms with Gasteiger partial charge in [0.05, 0.1) is 23.2 Å². The molecular weight excluding hydrogens is 347 g/mol. The van der Waals surface area contributed by atoms with Crippen LogP contribution in [0.5, 0.6) is 0 Å². The summed E-state index contributed by atoms with van der Waals surface area (Å²) in [5.41, 5.74) is 6.05. The maximum atomic E-state index is 13.5. The lowest BCUT2D eigenvalue weighted by Gasteiger charge is -2.20. The first kappa shape index (κ1) is 17.6. The summed E-state index contributed by atoms with van der Waals surface area (Å²) in [6.45, 7) is 3.31. The van der Waals surface area contributed by atoms with Crippen LogP contribution < -0.4 is 5.73 Å². The second-order valence-corrected chi connectivity index (χ2v) is 8.99. The van der Waals surface area contributed by atoms with E-state index < -0.39 is 21.3 Å². The van der Waals surface area contributed by atoms with Crippen molar-refractivity contribution in [2.45, 2.75) is 31.7 Å². The van der Waals surface area contributed by atoms with Crippen molar-refractivity contribution in [3.63, 3.8) is 0 Å². The Morgan fingerprint density at radius 2 is 2.00 bits per heavy atom. The normalized spacial score (nSPS) is 13.0. The molecule has 2 heterocycles. The highest BCUT2D eigenvalue weighted by atomic mass is 32.2. The number of fused-ring (bicyclic) bond motifs is 3. The van der Waals surface area contributed by atoms with E-state index in [1.807, 2.05) is 0 Å². The number of benzene rings is 1. The summed E-state index contributed by atoms with van der Waals surface area (Å²) in [4.78, 5) is 8.51. The van der Waals surface area contributed by atoms with Crippen molar-refractivity contribution in [1.29, 1.82) is 0 Å². The quantitative estimate of drug-likeness (QED) is 0.726. The lowest BCUT2D eigenvalue weighted by molar-refractivity contribution is 0.0620. The Morgan fingerprint density at radius 1 is 1.32 bits per heavy atom. The van der Waals surface area contributed by atoms with E-state index in [2.05, 4.69) is 9.97 Å². The summed E-state index contributed by atoms with van der Waals surface area (Å²) in [5, 5.41) is 10.8. The van der Waals surface area contributed by atoms with Gasteiger partial charge in [-0.25, -0.2) is 22.8 Å². The lowest BCUT2D eigenvalue weighted by Crippen LogP contribution is -2.27. The van der Waals surface area contributed by atoms with Crippen molar-refractivity contribution in [3.05, 3.63) is 29.8 Å². The average Bonchev–Trinajstić information content (AvgIpc) is 2.74. The van der Waals surface area contributed by atoms with Crippen molar-refractivity contribution in [3.8, 4) is 0 Å². The molecule has 0 unspecified atom stereocenters. The van der Waals surface area contributed by atoms with Gasteiger partial charge in [-0.15, -0.1) is 0 Å². The molecule has 0 saturated heterocycles. The van der Waals surface area contributed by atoms with Gasteiger partial charge in [0, 0.05) is 17.7 Å². The largest absolute Gasteiger partial charge is 0.389 e. The van der Waals surface area contributed by atoms with E-state index in [1.54, 1.807) is 24.5 Å². The number of nitrogen functional groups attached to an aromatic ring is 1. The Balaban J connectivity index is 2.42. The van der Waals surface area contributed by atoms with Crippen LogP contribution in [0.25, 0.3) is 21.9 Å². The number of pyridine rings is 1. The second kappa shape index (κ2) is 5.63. The number of halogens is 1. The first-order chi connectivity index (χ1) is 11.4. The van der Waals surface area contributed by atoms with Gasteiger partial charge in [-0.3, -0.25) is 0 Å². The van der Waals surface area contributed by atoms with Gasteiger partial charge in [0.1, 0.15) is 22.9 Å². The van der Waals surface area contributed by atoms with Crippen LogP contribution in [0.4, 0.5) is 10.2 Å². The van der Waals surface area contributed by atoms with E-state index in [-0.39, 0.29) is 23.9 Å². The molecule has 0 amide bonds. The maximum Gasteiger partial charge on any atom is 0.154 e. The Bertz CT molecular complexity index is 1080. The Hall–Kier alpha value is -2.26. The molecule has 25 heavy (non-hydrogen) atoms. The van der Waals surface area contributed by atoms with Gasteiger partial charge >= 0.3 is 0 Å². The SMILES string of the molecule is CC(C)(O)Cn1c(CS(C)(=O)=O)nc2c(N)nc3cc(F)ccc3c21. The third-order valence-electron chi connectivity index (χ3n) is 3.68. The number of hydrogen-bond acceptors (Lipinski definition) is 6. The third-order valence-corrected chi connectivity index (χ3v) is 4.46. The molecule has 3 aromatic rings. The highest BCUT2D eigenvalue weighted by Gasteiger charge is 2.24. The van der Waals surface area contributed by atoms with Crippen LogP contribution in [0.2, 0.25) is 0 Å². The van der Waals surface area contributed by atoms with Crippen LogP contribution in [0.1, 0.15) is 19.7 Å². The van der Waals surface area contributed by atoms with Crippen LogP contribution in [-0.2, 0) is 22.1 Å². The summed E-state index contributed by atoms with van der Waals surface area (Å²) < 4.78 is 38.7. The van der Waals surface area contributed by atoms with Crippen molar-refractivity contribution in [2.75, 3.05) is 12.0 Å². The van der Waals surface area contributed by atoms with Gasteiger partial charge in [0.2, 0.25) is 0 Å². The molecule has 0 atom stereocenters. The minimum Gasteiger partial charge on any atom is -0.389 e. The Morgan fingerprint density at radius 3 is 2.60 bits per heavy atom. The molecule has 3 rings (SSSR count). The van der Waals surface area contributed by atoms with Crippen molar-refractivity contribution < 1.29 is 17.9 Å². The number of sulfone groups is 1. The summed E-state index contributed by atoms with van der Waals surface area (Å²) in [6.07, 6.45) is 1.11. The fraction of sp³-hybridized carbons (Fsp3) is 0.375. The molecule has 0 aliphatic carbocycles. The minimum atomic E-state index is -3.36. The molecule has 7 nitrogen and oxygen atoms in total. The zero-order chi connectivity index (χ0) is 18.6. The summed E-state index contributed by atoms with van der Waals surface area (Å²) in [7, 11) is -3.36. The highest BCUT2D eigenvalue weighted by molar-refractivity contribution is 7.89. The Kier molecular flexibility index (Phi) is 3.96. The Labute approximate surface area is 144 Å². The number of nitrogens with two attached hydrogens (primary N) is 1. The van der Waals surface area contributed by atoms with Crippen LogP contribution in [-0.4, -0.2) is 39.9 Å². The van der Waals surface area contributed by atoms with Gasteiger partial charge in [-0.05, 0) is 26.0 Å². The molecule has 3 N–H and O–H groups in total. The fourth-order valence-electron chi connectivity index (χ4n) is 2.83. The summed E-state index contributed by atoms with van der Waals surface area (Å²) in [5.74, 6) is -0.425. The number of hydrogen-bond donors (Lipinski definition) is 2. The highest BCUT2D eigenvalue weighted by Crippen LogP contribution is 2.30. The van der Waals surface area contributed by atoms with Crippen LogP contribution in [0, 0.1) is 5.82 Å². The molecule has 134 valence electrons. The number of aliphatic hydroxyl groups is 1. The molecule has 9 heteroatoms. The van der Waals surface area contributed by atoms with Crippen LogP contribution >= 0.6 is 0 Å². The molecule has 0 radical (unpaired) electrons. The average molecular weight is 366 g/mol. The molecule has 1 aromatic carbocycles. The number of imidazole rings is 1. The van der Waals surface area contributed by atoms with Gasteiger partial charge in [0.15, 0.2) is 15.7 Å². The van der Waals surface area contributed by atoms with E-state index in [0.29, 0.717) is 21.9 Å². The standard InChI is InChI=1S/C16H19FN4O3S/c1-16(2,22)8-21-12(7-25(3,23)24)20-13-14(21)10-5-4-9(17)6-11(10)19-15(13)18/h4-6,22H,7-8H2,1-3H3,(H2,18,19). The first-order valence-electron chi connectivity index (χ1n) is 7.58. The molecule has 0 aliphatic heterocycles. The molecule has 0 bridgehead atoms. The zero-order valence-corrected chi connectivity index (χ0v) is 14.9. The van der Waals surface area contributed by atoms with Gasteiger partial charge in [-0.2, -0.15) is 0 Å². The van der Waals surface area contributed by atoms with Crippen LogP contribution in [0.3, 0.4) is 0 Å². The maximum absolute atomic E-state index is 13.5. The number of nitrogens with zero attached hydrogens (tertiary/aromatic N) is 3. The van der Waals surface area contributed by atoms with E-state index in [0.717, 1.165) is 6.26 Å². The minimum absolute atomic E-state index is 0.0809. The van der Waals surface area contributed by atoms with Crippen molar-refractivity contribution in [2.24, 2.45) is 0 Å². The molecule has 2 aromatic heterocycles. The van der Waals surface area contributed by atoms with Crippen LogP contribution in [0.15, 0.2) is 18.2 Å². The number of rotatable bonds is 4. The molecule has 0 aliphatic rings. The first-order valence-corrected chi connectivity index (χ1v) is 9.65. The second-order valence-electron chi connectivity index (χ2n) is 6.85. The molecule has 0 spiro atoms. The van der Waals surface area contributed by atoms with Gasteiger partial charge in [-0.1, -0.05) is 0 Å². The van der Waals surface area contributed by atoms with E-state index in [9.17, 15) is 17.9 Å². The van der Waals surface area contributed by atoms with E-state index in [1.165, 1.54) is 12.1 Å². The fourth-order valence-corrected chi connectivity index (χ4v) is 3.52. The third kappa shape index (κ3) is 3.57. The molecule has 0 fully saturated rings. The predicted octanol–water partition coefficient (Wildman–Crippen LogP) is 1.62. The smallest absolute Gasteiger partial charge is 0.154 e. The zero-order valence-electron chi connectivity index (χ0n) is 14.1. The van der Waals surface area contributed by atoms with Crippen molar-refractivity contribution >= 4 is 37.6 Å². The topological polar surface area (TPSA) is 111 Å². The molecular formula is C16H19FN4O3S. The predicted molar refractivity (Wildman–Crippen MR) is 94.3 cm³/mol. The monoisotopic (exact) mass is 366 g/mol. The molecule has 0 saturated carbocycles. The number of aromatic nitrogens is 3. The summed E-state index contributed by atoms with van der Waals surface area (Å²) in [6, 6.07) is 4.09. The van der Waals surface area contributed by atoms with E-state index in [4.69, 9.17) is 5.73 Å². The lowest BCUT2D eigenvalue weighted by atomic mass is 10.1. The van der Waals surface area contributed by atoms with Gasteiger partial charge < -0.3 is 15.4 Å². The van der Waals surface area contributed by atoms with Gasteiger partial charge in [0.25, 0.3) is 0 Å². The summed E-state index contributed by atoms with van der Waals surface area (Å²) >= 11 is 0. The number of anilines is 1. The van der Waals surface area contributed by atoms with Crippen molar-refractivity contribution in [1.82, 2.24) is 14.5 Å². The van der Waals surface area contributed by atoms with E-state index >= 15 is 0 Å².